The van der Waals surface area contributed by atoms with Crippen molar-refractivity contribution in [3.05, 3.63) is 36.2 Å². The van der Waals surface area contributed by atoms with Crippen LogP contribution in [-0.4, -0.2) is 25.4 Å². The second-order valence-corrected chi connectivity index (χ2v) is 6.10. The molecule has 1 aliphatic heterocycles. The van der Waals surface area contributed by atoms with Crippen molar-refractivity contribution in [2.24, 2.45) is 0 Å². The van der Waals surface area contributed by atoms with Crippen molar-refractivity contribution in [1.82, 2.24) is 14.9 Å². The third-order valence-electron chi connectivity index (χ3n) is 3.01. The molecule has 0 fully saturated rings. The average Bonchev–Trinajstić information content (AvgIpc) is 3.09. The van der Waals surface area contributed by atoms with Gasteiger partial charge < -0.3 is 9.47 Å². The highest BCUT2D eigenvalue weighted by atomic mass is 32.2. The Balaban J connectivity index is 1.81. The van der Waals surface area contributed by atoms with E-state index in [1.807, 2.05) is 0 Å². The Morgan fingerprint density at radius 2 is 2.15 bits per heavy atom. The summed E-state index contributed by atoms with van der Waals surface area (Å²) in [4.78, 5) is 0.102. The monoisotopic (exact) mass is 295 g/mol. The molecule has 1 unspecified atom stereocenters. The Kier molecular flexibility index (Phi) is 3.11. The second kappa shape index (κ2) is 4.80. The fourth-order valence-electron chi connectivity index (χ4n) is 1.94. The molecule has 3 rings (SSSR count). The Bertz CT molecular complexity index is 712. The molecule has 0 radical (unpaired) electrons. The molecule has 7 nitrogen and oxygen atoms in total. The molecule has 2 N–H and O–H groups in total. The van der Waals surface area contributed by atoms with E-state index in [2.05, 4.69) is 14.9 Å². The Morgan fingerprint density at radius 3 is 2.90 bits per heavy atom. The van der Waals surface area contributed by atoms with Crippen molar-refractivity contribution in [2.45, 2.75) is 17.9 Å². The van der Waals surface area contributed by atoms with Gasteiger partial charge in [0.2, 0.25) is 16.8 Å². The van der Waals surface area contributed by atoms with Crippen molar-refractivity contribution in [1.29, 1.82) is 0 Å². The van der Waals surface area contributed by atoms with Gasteiger partial charge in [-0.3, -0.25) is 5.10 Å². The van der Waals surface area contributed by atoms with Crippen LogP contribution < -0.4 is 14.2 Å². The van der Waals surface area contributed by atoms with Crippen molar-refractivity contribution in [3.63, 3.8) is 0 Å². The molecule has 2 heterocycles. The summed E-state index contributed by atoms with van der Waals surface area (Å²) in [5.41, 5.74) is 0.793. The first-order valence-corrected chi connectivity index (χ1v) is 7.45. The summed E-state index contributed by atoms with van der Waals surface area (Å²) in [6.45, 7) is 1.95. The molecule has 0 bridgehead atoms. The third-order valence-corrected chi connectivity index (χ3v) is 4.52. The molecule has 106 valence electrons. The number of rotatable bonds is 4. The van der Waals surface area contributed by atoms with Crippen molar-refractivity contribution in [3.8, 4) is 11.5 Å². The standard InChI is InChI=1S/C12H13N3O4S/c1-8(15-20(16,17)10-5-13-14-6-10)9-2-3-11-12(4-9)19-7-18-11/h2-6,8,15H,7H2,1H3,(H,13,14). The number of aromatic amines is 1. The largest absolute Gasteiger partial charge is 0.454 e. The van der Waals surface area contributed by atoms with Gasteiger partial charge in [0.25, 0.3) is 0 Å². The molecule has 1 aromatic heterocycles. The van der Waals surface area contributed by atoms with Crippen LogP contribution in [0.1, 0.15) is 18.5 Å². The summed E-state index contributed by atoms with van der Waals surface area (Å²) in [6, 6.07) is 4.94. The first-order chi connectivity index (χ1) is 9.56. The van der Waals surface area contributed by atoms with Gasteiger partial charge in [0, 0.05) is 12.2 Å². The summed E-state index contributed by atoms with van der Waals surface area (Å²) < 4.78 is 37.2. The predicted octanol–water partition coefficient (Wildman–Crippen LogP) is 1.18. The quantitative estimate of drug-likeness (QED) is 0.883. The van der Waals surface area contributed by atoms with Crippen LogP contribution in [0.15, 0.2) is 35.5 Å². The van der Waals surface area contributed by atoms with Crippen molar-refractivity contribution < 1.29 is 17.9 Å². The van der Waals surface area contributed by atoms with Crippen LogP contribution in [0.25, 0.3) is 0 Å². The van der Waals surface area contributed by atoms with Crippen LogP contribution in [0, 0.1) is 0 Å². The molecule has 2 aromatic rings. The van der Waals surface area contributed by atoms with Crippen LogP contribution in [0.3, 0.4) is 0 Å². The normalized spacial score (nSPS) is 15.2. The first-order valence-electron chi connectivity index (χ1n) is 5.97. The molecular weight excluding hydrogens is 282 g/mol. The smallest absolute Gasteiger partial charge is 0.244 e. The molecule has 0 amide bonds. The van der Waals surface area contributed by atoms with E-state index in [9.17, 15) is 8.42 Å². The number of sulfonamides is 1. The number of benzene rings is 1. The lowest BCUT2D eigenvalue weighted by Gasteiger charge is -2.14. The highest BCUT2D eigenvalue weighted by Gasteiger charge is 2.21. The van der Waals surface area contributed by atoms with Gasteiger partial charge in [-0.05, 0) is 24.6 Å². The molecule has 0 saturated heterocycles. The van der Waals surface area contributed by atoms with Crippen molar-refractivity contribution >= 4 is 10.0 Å². The van der Waals surface area contributed by atoms with Gasteiger partial charge in [-0.2, -0.15) is 5.10 Å². The van der Waals surface area contributed by atoms with Gasteiger partial charge in [0.15, 0.2) is 11.5 Å². The summed E-state index contributed by atoms with van der Waals surface area (Å²) in [5, 5.41) is 6.11. The van der Waals surface area contributed by atoms with Crippen LogP contribution in [0.5, 0.6) is 11.5 Å². The maximum atomic E-state index is 12.1. The topological polar surface area (TPSA) is 93.3 Å². The van der Waals surface area contributed by atoms with Gasteiger partial charge in [0.1, 0.15) is 4.90 Å². The maximum Gasteiger partial charge on any atom is 0.244 e. The molecule has 1 atom stereocenters. The minimum Gasteiger partial charge on any atom is -0.454 e. The second-order valence-electron chi connectivity index (χ2n) is 4.39. The Morgan fingerprint density at radius 1 is 1.35 bits per heavy atom. The highest BCUT2D eigenvalue weighted by Crippen LogP contribution is 2.34. The van der Waals surface area contributed by atoms with Crippen LogP contribution >= 0.6 is 0 Å². The van der Waals surface area contributed by atoms with Crippen LogP contribution in [0.2, 0.25) is 0 Å². The number of ether oxygens (including phenoxy) is 2. The van der Waals surface area contributed by atoms with E-state index in [1.54, 1.807) is 25.1 Å². The number of nitrogens with one attached hydrogen (secondary N) is 2. The van der Waals surface area contributed by atoms with E-state index in [1.165, 1.54) is 12.4 Å². The lowest BCUT2D eigenvalue weighted by molar-refractivity contribution is 0.174. The number of fused-ring (bicyclic) bond motifs is 1. The number of hydrogen-bond donors (Lipinski definition) is 2. The van der Waals surface area contributed by atoms with Gasteiger partial charge in [-0.25, -0.2) is 13.1 Å². The molecule has 1 aliphatic rings. The molecule has 20 heavy (non-hydrogen) atoms. The summed E-state index contributed by atoms with van der Waals surface area (Å²) >= 11 is 0. The molecule has 8 heteroatoms. The fourth-order valence-corrected chi connectivity index (χ4v) is 3.07. The van der Waals surface area contributed by atoms with E-state index >= 15 is 0 Å². The number of H-pyrrole nitrogens is 1. The molecule has 1 aromatic carbocycles. The van der Waals surface area contributed by atoms with Crippen molar-refractivity contribution in [2.75, 3.05) is 6.79 Å². The molecule has 0 saturated carbocycles. The number of nitrogens with zero attached hydrogens (tertiary/aromatic N) is 1. The number of hydrogen-bond acceptors (Lipinski definition) is 5. The maximum absolute atomic E-state index is 12.1. The zero-order chi connectivity index (χ0) is 14.2. The zero-order valence-electron chi connectivity index (χ0n) is 10.7. The van der Waals surface area contributed by atoms with Gasteiger partial charge >= 0.3 is 0 Å². The van der Waals surface area contributed by atoms with E-state index in [0.717, 1.165) is 5.56 Å². The van der Waals surface area contributed by atoms with E-state index in [-0.39, 0.29) is 11.7 Å². The third kappa shape index (κ3) is 2.35. The first kappa shape index (κ1) is 12.9. The van der Waals surface area contributed by atoms with Crippen LogP contribution in [-0.2, 0) is 10.0 Å². The molecule has 0 aliphatic carbocycles. The summed E-state index contributed by atoms with van der Waals surface area (Å²) in [5.74, 6) is 1.29. The lowest BCUT2D eigenvalue weighted by atomic mass is 10.1. The minimum absolute atomic E-state index is 0.102. The number of aromatic nitrogens is 2. The zero-order valence-corrected chi connectivity index (χ0v) is 11.5. The average molecular weight is 295 g/mol. The Labute approximate surface area is 116 Å². The van der Waals surface area contributed by atoms with Crippen LogP contribution in [0.4, 0.5) is 0 Å². The predicted molar refractivity (Wildman–Crippen MR) is 69.9 cm³/mol. The van der Waals surface area contributed by atoms with E-state index in [4.69, 9.17) is 9.47 Å². The van der Waals surface area contributed by atoms with E-state index in [0.29, 0.717) is 11.5 Å². The van der Waals surface area contributed by atoms with Gasteiger partial charge in [-0.1, -0.05) is 6.07 Å². The van der Waals surface area contributed by atoms with E-state index < -0.39 is 16.1 Å². The fraction of sp³-hybridized carbons (Fsp3) is 0.250. The molecular formula is C12H13N3O4S. The minimum atomic E-state index is -3.59. The van der Waals surface area contributed by atoms with Gasteiger partial charge in [0.05, 0.1) is 6.20 Å². The SMILES string of the molecule is CC(NS(=O)(=O)c1cn[nH]c1)c1ccc2c(c1)OCO2. The lowest BCUT2D eigenvalue weighted by Crippen LogP contribution is -2.26. The summed E-state index contributed by atoms with van der Waals surface area (Å²) in [6.07, 6.45) is 2.59. The molecule has 0 spiro atoms. The summed E-state index contributed by atoms with van der Waals surface area (Å²) in [7, 11) is -3.59. The Hall–Kier alpha value is -2.06. The highest BCUT2D eigenvalue weighted by molar-refractivity contribution is 7.89. The van der Waals surface area contributed by atoms with Gasteiger partial charge in [-0.15, -0.1) is 0 Å².